The predicted octanol–water partition coefficient (Wildman–Crippen LogP) is -0.554. The van der Waals surface area contributed by atoms with Gasteiger partial charge in [-0.15, -0.1) is 0 Å². The van der Waals surface area contributed by atoms with Crippen molar-refractivity contribution in [3.8, 4) is 0 Å². The molecule has 16 heavy (non-hydrogen) atoms. The standard InChI is InChI=1S/C10H16N2O4/c1-7(13)11-5-8(14)12-4-3-10(2,6-12)9(15)16/h3-6H2,1-2H3,(H,11,13)(H,15,16). The number of hydrogen-bond acceptors (Lipinski definition) is 3. The molecule has 0 aliphatic carbocycles. The van der Waals surface area contributed by atoms with Crippen molar-refractivity contribution in [3.63, 3.8) is 0 Å². The number of carbonyl (C=O) groups excluding carboxylic acids is 2. The van der Waals surface area contributed by atoms with E-state index in [-0.39, 0.29) is 24.9 Å². The number of likely N-dealkylation sites (tertiary alicyclic amines) is 1. The molecule has 1 saturated heterocycles. The normalized spacial score (nSPS) is 24.2. The third-order valence-corrected chi connectivity index (χ3v) is 2.83. The summed E-state index contributed by atoms with van der Waals surface area (Å²) < 4.78 is 0. The zero-order chi connectivity index (χ0) is 12.3. The quantitative estimate of drug-likeness (QED) is 0.678. The molecule has 1 rings (SSSR count). The van der Waals surface area contributed by atoms with Crippen molar-refractivity contribution in [2.45, 2.75) is 20.3 Å². The molecule has 0 spiro atoms. The highest BCUT2D eigenvalue weighted by atomic mass is 16.4. The third kappa shape index (κ3) is 2.71. The van der Waals surface area contributed by atoms with Crippen molar-refractivity contribution < 1.29 is 19.5 Å². The fourth-order valence-electron chi connectivity index (χ4n) is 1.66. The minimum absolute atomic E-state index is 0.0645. The van der Waals surface area contributed by atoms with Crippen LogP contribution in [0.25, 0.3) is 0 Å². The van der Waals surface area contributed by atoms with Crippen molar-refractivity contribution in [1.29, 1.82) is 0 Å². The zero-order valence-corrected chi connectivity index (χ0v) is 9.45. The van der Waals surface area contributed by atoms with Gasteiger partial charge in [-0.05, 0) is 13.3 Å². The Morgan fingerprint density at radius 1 is 1.44 bits per heavy atom. The van der Waals surface area contributed by atoms with Gasteiger partial charge in [0.05, 0.1) is 12.0 Å². The minimum atomic E-state index is -0.887. The number of aliphatic carboxylic acids is 1. The van der Waals surface area contributed by atoms with E-state index in [1.165, 1.54) is 11.8 Å². The fourth-order valence-corrected chi connectivity index (χ4v) is 1.66. The predicted molar refractivity (Wildman–Crippen MR) is 55.6 cm³/mol. The van der Waals surface area contributed by atoms with Gasteiger partial charge in [-0.1, -0.05) is 0 Å². The maximum Gasteiger partial charge on any atom is 0.311 e. The molecule has 1 heterocycles. The molecule has 2 N–H and O–H groups in total. The number of carboxylic acids is 1. The van der Waals surface area contributed by atoms with E-state index in [1.807, 2.05) is 0 Å². The summed E-state index contributed by atoms with van der Waals surface area (Å²) in [5.74, 6) is -1.39. The average molecular weight is 228 g/mol. The molecule has 1 aliphatic heterocycles. The molecule has 90 valence electrons. The lowest BCUT2D eigenvalue weighted by Gasteiger charge is -2.20. The first-order valence-electron chi connectivity index (χ1n) is 5.11. The largest absolute Gasteiger partial charge is 0.481 e. The summed E-state index contributed by atoms with van der Waals surface area (Å²) in [6.45, 7) is 3.53. The van der Waals surface area contributed by atoms with Crippen molar-refractivity contribution in [3.05, 3.63) is 0 Å². The van der Waals surface area contributed by atoms with Crippen LogP contribution >= 0.6 is 0 Å². The molecule has 0 bridgehead atoms. The summed E-state index contributed by atoms with van der Waals surface area (Å²) in [7, 11) is 0. The number of carbonyl (C=O) groups is 3. The van der Waals surface area contributed by atoms with Crippen molar-refractivity contribution in [2.75, 3.05) is 19.6 Å². The van der Waals surface area contributed by atoms with E-state index in [0.717, 1.165) is 0 Å². The van der Waals surface area contributed by atoms with Gasteiger partial charge in [0.15, 0.2) is 0 Å². The Hall–Kier alpha value is -1.59. The molecule has 0 aromatic heterocycles. The van der Waals surface area contributed by atoms with E-state index in [1.54, 1.807) is 6.92 Å². The maximum absolute atomic E-state index is 11.6. The second-order valence-corrected chi connectivity index (χ2v) is 4.34. The van der Waals surface area contributed by atoms with E-state index in [0.29, 0.717) is 13.0 Å². The van der Waals surface area contributed by atoms with Crippen LogP contribution in [-0.2, 0) is 14.4 Å². The Labute approximate surface area is 93.6 Å². The van der Waals surface area contributed by atoms with Gasteiger partial charge >= 0.3 is 5.97 Å². The number of carboxylic acid groups (broad SMARTS) is 1. The average Bonchev–Trinajstić information content (AvgIpc) is 2.59. The van der Waals surface area contributed by atoms with Crippen LogP contribution in [0.15, 0.2) is 0 Å². The molecule has 1 fully saturated rings. The fraction of sp³-hybridized carbons (Fsp3) is 0.700. The lowest BCUT2D eigenvalue weighted by molar-refractivity contribution is -0.147. The summed E-state index contributed by atoms with van der Waals surface area (Å²) in [4.78, 5) is 34.6. The van der Waals surface area contributed by atoms with Crippen LogP contribution in [-0.4, -0.2) is 47.4 Å². The second kappa shape index (κ2) is 4.51. The lowest BCUT2D eigenvalue weighted by Crippen LogP contribution is -2.40. The number of nitrogens with one attached hydrogen (secondary N) is 1. The van der Waals surface area contributed by atoms with E-state index < -0.39 is 11.4 Å². The minimum Gasteiger partial charge on any atom is -0.481 e. The summed E-state index contributed by atoms with van der Waals surface area (Å²) >= 11 is 0. The van der Waals surface area contributed by atoms with Gasteiger partial charge in [0.25, 0.3) is 0 Å². The molecular weight excluding hydrogens is 212 g/mol. The van der Waals surface area contributed by atoms with Gasteiger partial charge in [0, 0.05) is 20.0 Å². The van der Waals surface area contributed by atoms with Gasteiger partial charge in [-0.3, -0.25) is 14.4 Å². The van der Waals surface area contributed by atoms with Gasteiger partial charge < -0.3 is 15.3 Å². The zero-order valence-electron chi connectivity index (χ0n) is 9.45. The van der Waals surface area contributed by atoms with Crippen LogP contribution in [0, 0.1) is 5.41 Å². The second-order valence-electron chi connectivity index (χ2n) is 4.34. The number of nitrogens with zero attached hydrogens (tertiary/aromatic N) is 1. The molecule has 2 amide bonds. The number of rotatable bonds is 3. The van der Waals surface area contributed by atoms with Crippen molar-refractivity contribution >= 4 is 17.8 Å². The molecule has 1 atom stereocenters. The molecule has 6 heteroatoms. The van der Waals surface area contributed by atoms with Gasteiger partial charge in [-0.25, -0.2) is 0 Å². The Kier molecular flexibility index (Phi) is 3.51. The Balaban J connectivity index is 2.50. The van der Waals surface area contributed by atoms with Gasteiger partial charge in [-0.2, -0.15) is 0 Å². The SMILES string of the molecule is CC(=O)NCC(=O)N1CCC(C)(C(=O)O)C1. The molecule has 1 aliphatic rings. The van der Waals surface area contributed by atoms with Crippen LogP contribution in [0.2, 0.25) is 0 Å². The summed E-state index contributed by atoms with van der Waals surface area (Å²) in [5.41, 5.74) is -0.855. The van der Waals surface area contributed by atoms with Crippen molar-refractivity contribution in [1.82, 2.24) is 10.2 Å². The Bertz CT molecular complexity index is 329. The lowest BCUT2D eigenvalue weighted by atomic mass is 9.90. The number of amides is 2. The van der Waals surface area contributed by atoms with E-state index in [9.17, 15) is 14.4 Å². The molecule has 0 aromatic carbocycles. The maximum atomic E-state index is 11.6. The smallest absolute Gasteiger partial charge is 0.311 e. The summed E-state index contributed by atoms with van der Waals surface area (Å²) in [6, 6.07) is 0. The molecule has 0 saturated carbocycles. The first-order valence-corrected chi connectivity index (χ1v) is 5.11. The Morgan fingerprint density at radius 2 is 2.06 bits per heavy atom. The Morgan fingerprint density at radius 3 is 2.50 bits per heavy atom. The first-order chi connectivity index (χ1) is 7.35. The first kappa shape index (κ1) is 12.5. The van der Waals surface area contributed by atoms with Crippen molar-refractivity contribution in [2.24, 2.45) is 5.41 Å². The van der Waals surface area contributed by atoms with Crippen LogP contribution in [0.3, 0.4) is 0 Å². The highest BCUT2D eigenvalue weighted by molar-refractivity contribution is 5.85. The van der Waals surface area contributed by atoms with Crippen LogP contribution in [0.5, 0.6) is 0 Å². The van der Waals surface area contributed by atoms with E-state index in [4.69, 9.17) is 5.11 Å². The third-order valence-electron chi connectivity index (χ3n) is 2.83. The molecule has 0 radical (unpaired) electrons. The monoisotopic (exact) mass is 228 g/mol. The van der Waals surface area contributed by atoms with Crippen LogP contribution in [0.1, 0.15) is 20.3 Å². The van der Waals surface area contributed by atoms with Crippen LogP contribution < -0.4 is 5.32 Å². The highest BCUT2D eigenvalue weighted by Gasteiger charge is 2.41. The summed E-state index contributed by atoms with van der Waals surface area (Å²) in [5, 5.41) is 11.4. The summed E-state index contributed by atoms with van der Waals surface area (Å²) in [6.07, 6.45) is 0.453. The topological polar surface area (TPSA) is 86.7 Å². The van der Waals surface area contributed by atoms with Crippen LogP contribution in [0.4, 0.5) is 0 Å². The molecule has 1 unspecified atom stereocenters. The highest BCUT2D eigenvalue weighted by Crippen LogP contribution is 2.29. The van der Waals surface area contributed by atoms with E-state index >= 15 is 0 Å². The molecule has 6 nitrogen and oxygen atoms in total. The molecule has 0 aromatic rings. The van der Waals surface area contributed by atoms with E-state index in [2.05, 4.69) is 5.32 Å². The number of hydrogen-bond donors (Lipinski definition) is 2. The molecular formula is C10H16N2O4. The van der Waals surface area contributed by atoms with Gasteiger partial charge in [0.2, 0.25) is 11.8 Å². The van der Waals surface area contributed by atoms with Gasteiger partial charge in [0.1, 0.15) is 0 Å².